The quantitative estimate of drug-likeness (QED) is 0.413. The Hall–Kier alpha value is -2.50. The highest BCUT2D eigenvalue weighted by Crippen LogP contribution is 2.31. The molecule has 0 saturated heterocycles. The Morgan fingerprint density at radius 2 is 1.93 bits per heavy atom. The van der Waals surface area contributed by atoms with Gasteiger partial charge in [-0.2, -0.15) is 0 Å². The molecule has 0 fully saturated rings. The van der Waals surface area contributed by atoms with Crippen LogP contribution in [-0.2, 0) is 11.2 Å². The van der Waals surface area contributed by atoms with E-state index in [0.29, 0.717) is 17.4 Å². The number of rotatable bonds is 9. The molecule has 0 saturated carbocycles. The van der Waals surface area contributed by atoms with Crippen molar-refractivity contribution in [1.82, 2.24) is 10.3 Å². The molecule has 3 aromatic rings. The lowest BCUT2D eigenvalue weighted by molar-refractivity contribution is -0.120. The van der Waals surface area contributed by atoms with E-state index >= 15 is 0 Å². The lowest BCUT2D eigenvalue weighted by Gasteiger charge is -2.17. The van der Waals surface area contributed by atoms with Crippen LogP contribution < -0.4 is 16.4 Å². The zero-order chi connectivity index (χ0) is 20.8. The number of nitrogens with two attached hydrogens (primary N) is 1. The standard InChI is InChI=1S/C23H29ClN4O/c1-15(2)8-9-26-21-13-18(24)11-17-12-20(28-23(17)21)19(27-22(29)14-25)10-16-6-4-3-5-7-16/h3-7,11-13,15,19,26,28H,8-10,14,25H2,1-2H3,(H,27,29)/t19-/m0/s1. The predicted octanol–water partition coefficient (Wildman–Crippen LogP) is 4.64. The number of aromatic nitrogens is 1. The van der Waals surface area contributed by atoms with Crippen molar-refractivity contribution in [3.05, 3.63) is 64.8 Å². The van der Waals surface area contributed by atoms with Crippen LogP contribution in [0.4, 0.5) is 5.69 Å². The van der Waals surface area contributed by atoms with Crippen molar-refractivity contribution in [3.8, 4) is 0 Å². The zero-order valence-electron chi connectivity index (χ0n) is 17.0. The van der Waals surface area contributed by atoms with Crippen molar-refractivity contribution in [1.29, 1.82) is 0 Å². The Labute approximate surface area is 177 Å². The van der Waals surface area contributed by atoms with Gasteiger partial charge in [0.1, 0.15) is 0 Å². The van der Waals surface area contributed by atoms with E-state index in [-0.39, 0.29) is 18.5 Å². The fraction of sp³-hybridized carbons (Fsp3) is 0.348. The molecule has 0 aliphatic rings. The zero-order valence-corrected chi connectivity index (χ0v) is 17.7. The van der Waals surface area contributed by atoms with Crippen LogP contribution >= 0.6 is 11.6 Å². The minimum Gasteiger partial charge on any atom is -0.383 e. The predicted molar refractivity (Wildman–Crippen MR) is 121 cm³/mol. The molecule has 0 aliphatic heterocycles. The number of fused-ring (bicyclic) bond motifs is 1. The summed E-state index contributed by atoms with van der Waals surface area (Å²) < 4.78 is 0. The Morgan fingerprint density at radius 1 is 1.17 bits per heavy atom. The summed E-state index contributed by atoms with van der Waals surface area (Å²) in [5.74, 6) is 0.441. The molecular weight excluding hydrogens is 384 g/mol. The molecule has 154 valence electrons. The van der Waals surface area contributed by atoms with Crippen LogP contribution in [0.15, 0.2) is 48.5 Å². The number of hydrogen-bond donors (Lipinski definition) is 4. The van der Waals surface area contributed by atoms with Gasteiger partial charge in [-0.15, -0.1) is 0 Å². The summed E-state index contributed by atoms with van der Waals surface area (Å²) >= 11 is 6.35. The van der Waals surface area contributed by atoms with E-state index in [1.165, 1.54) is 0 Å². The summed E-state index contributed by atoms with van der Waals surface area (Å²) in [7, 11) is 0. The SMILES string of the molecule is CC(C)CCNc1cc(Cl)cc2cc([C@H](Cc3ccccc3)NC(=O)CN)[nH]c12. The van der Waals surface area contributed by atoms with Gasteiger partial charge in [0, 0.05) is 22.6 Å². The molecule has 0 radical (unpaired) electrons. The first-order chi connectivity index (χ1) is 14.0. The summed E-state index contributed by atoms with van der Waals surface area (Å²) in [6.45, 7) is 5.24. The van der Waals surface area contributed by atoms with Crippen molar-refractivity contribution in [2.75, 3.05) is 18.4 Å². The monoisotopic (exact) mass is 412 g/mol. The largest absolute Gasteiger partial charge is 0.383 e. The molecule has 0 unspecified atom stereocenters. The van der Waals surface area contributed by atoms with Gasteiger partial charge < -0.3 is 21.4 Å². The van der Waals surface area contributed by atoms with Crippen LogP contribution in [0.25, 0.3) is 10.9 Å². The number of hydrogen-bond acceptors (Lipinski definition) is 3. The third-order valence-corrected chi connectivity index (χ3v) is 5.15. The number of amides is 1. The molecule has 1 heterocycles. The first kappa shape index (κ1) is 21.2. The number of nitrogens with one attached hydrogen (secondary N) is 3. The van der Waals surface area contributed by atoms with Crippen LogP contribution in [0.3, 0.4) is 0 Å². The van der Waals surface area contributed by atoms with E-state index in [4.69, 9.17) is 17.3 Å². The van der Waals surface area contributed by atoms with Crippen molar-refractivity contribution >= 4 is 34.1 Å². The Balaban J connectivity index is 1.92. The van der Waals surface area contributed by atoms with Gasteiger partial charge in [0.05, 0.1) is 23.8 Å². The van der Waals surface area contributed by atoms with E-state index in [2.05, 4.69) is 47.7 Å². The maximum absolute atomic E-state index is 12.0. The second-order valence-electron chi connectivity index (χ2n) is 7.77. The van der Waals surface area contributed by atoms with Crippen molar-refractivity contribution in [2.24, 2.45) is 11.7 Å². The number of halogens is 1. The molecule has 1 aromatic heterocycles. The molecule has 0 spiro atoms. The number of anilines is 1. The van der Waals surface area contributed by atoms with E-state index in [0.717, 1.165) is 40.8 Å². The number of carbonyl (C=O) groups excluding carboxylic acids is 1. The number of aromatic amines is 1. The van der Waals surface area contributed by atoms with E-state index in [1.807, 2.05) is 30.3 Å². The van der Waals surface area contributed by atoms with E-state index < -0.39 is 0 Å². The summed E-state index contributed by atoms with van der Waals surface area (Å²) in [6, 6.07) is 15.8. The number of carbonyl (C=O) groups is 1. The minimum absolute atomic E-state index is 0.0423. The van der Waals surface area contributed by atoms with E-state index in [1.54, 1.807) is 0 Å². The average Bonchev–Trinajstić information content (AvgIpc) is 3.12. The molecule has 2 aromatic carbocycles. The second kappa shape index (κ2) is 9.81. The van der Waals surface area contributed by atoms with Gasteiger partial charge in [-0.3, -0.25) is 4.79 Å². The highest BCUT2D eigenvalue weighted by molar-refractivity contribution is 6.31. The molecular formula is C23H29ClN4O. The Morgan fingerprint density at radius 3 is 2.62 bits per heavy atom. The van der Waals surface area contributed by atoms with Gasteiger partial charge >= 0.3 is 0 Å². The molecule has 6 heteroatoms. The molecule has 0 aliphatic carbocycles. The van der Waals surface area contributed by atoms with Crippen molar-refractivity contribution < 1.29 is 4.79 Å². The van der Waals surface area contributed by atoms with Gasteiger partial charge in [0.25, 0.3) is 0 Å². The Bertz CT molecular complexity index is 952. The smallest absolute Gasteiger partial charge is 0.234 e. The van der Waals surface area contributed by atoms with E-state index in [9.17, 15) is 4.79 Å². The average molecular weight is 413 g/mol. The Kier molecular flexibility index (Phi) is 7.18. The summed E-state index contributed by atoms with van der Waals surface area (Å²) in [4.78, 5) is 15.5. The van der Waals surface area contributed by atoms with Crippen LogP contribution in [0.2, 0.25) is 5.02 Å². The van der Waals surface area contributed by atoms with Crippen molar-refractivity contribution in [2.45, 2.75) is 32.7 Å². The molecule has 1 atom stereocenters. The normalized spacial score (nSPS) is 12.3. The van der Waals surface area contributed by atoms with Crippen molar-refractivity contribution in [3.63, 3.8) is 0 Å². The molecule has 5 nitrogen and oxygen atoms in total. The molecule has 5 N–H and O–H groups in total. The number of H-pyrrole nitrogens is 1. The first-order valence-corrected chi connectivity index (χ1v) is 10.4. The molecule has 0 bridgehead atoms. The lowest BCUT2D eigenvalue weighted by atomic mass is 10.0. The third-order valence-electron chi connectivity index (χ3n) is 4.93. The topological polar surface area (TPSA) is 82.9 Å². The van der Waals surface area contributed by atoms with Crippen LogP contribution in [0, 0.1) is 5.92 Å². The van der Waals surface area contributed by atoms with Crippen LogP contribution in [0.1, 0.15) is 37.6 Å². The highest BCUT2D eigenvalue weighted by atomic mass is 35.5. The minimum atomic E-state index is -0.205. The lowest BCUT2D eigenvalue weighted by Crippen LogP contribution is -2.34. The first-order valence-electron chi connectivity index (χ1n) is 10.1. The summed E-state index contributed by atoms with van der Waals surface area (Å²) in [5, 5.41) is 8.22. The maximum atomic E-state index is 12.0. The summed E-state index contributed by atoms with van der Waals surface area (Å²) in [6.07, 6.45) is 1.74. The molecule has 3 rings (SSSR count). The number of benzene rings is 2. The molecule has 1 amide bonds. The fourth-order valence-electron chi connectivity index (χ4n) is 3.39. The third kappa shape index (κ3) is 5.75. The van der Waals surface area contributed by atoms with Crippen LogP contribution in [0.5, 0.6) is 0 Å². The summed E-state index contributed by atoms with van der Waals surface area (Å²) in [5.41, 5.74) is 9.58. The maximum Gasteiger partial charge on any atom is 0.234 e. The highest BCUT2D eigenvalue weighted by Gasteiger charge is 2.18. The second-order valence-corrected chi connectivity index (χ2v) is 8.20. The molecule has 29 heavy (non-hydrogen) atoms. The van der Waals surface area contributed by atoms with Gasteiger partial charge in [-0.1, -0.05) is 55.8 Å². The van der Waals surface area contributed by atoms with Gasteiger partial charge in [-0.05, 0) is 42.5 Å². The van der Waals surface area contributed by atoms with Gasteiger partial charge in [-0.25, -0.2) is 0 Å². The van der Waals surface area contributed by atoms with Gasteiger partial charge in [0.2, 0.25) is 5.91 Å². The fourth-order valence-corrected chi connectivity index (χ4v) is 3.62. The van der Waals surface area contributed by atoms with Gasteiger partial charge in [0.15, 0.2) is 0 Å². The van der Waals surface area contributed by atoms with Crippen LogP contribution in [-0.4, -0.2) is 24.0 Å².